The number of amides is 1. The highest BCUT2D eigenvalue weighted by molar-refractivity contribution is 6.32. The highest BCUT2D eigenvalue weighted by Crippen LogP contribution is 2.29. The van der Waals surface area contributed by atoms with Crippen LogP contribution in [0.4, 0.5) is 0 Å². The van der Waals surface area contributed by atoms with Gasteiger partial charge in [-0.2, -0.15) is 0 Å². The molecule has 1 aromatic rings. The quantitative estimate of drug-likeness (QED) is 0.791. The molecule has 1 aliphatic heterocycles. The van der Waals surface area contributed by atoms with Crippen molar-refractivity contribution < 1.29 is 19.1 Å². The predicted molar refractivity (Wildman–Crippen MR) is 88.0 cm³/mol. The summed E-state index contributed by atoms with van der Waals surface area (Å²) in [6.07, 6.45) is 1.26. The number of hydrogen-bond acceptors (Lipinski definition) is 4. The highest BCUT2D eigenvalue weighted by Gasteiger charge is 2.29. The summed E-state index contributed by atoms with van der Waals surface area (Å²) in [4.78, 5) is 26.2. The van der Waals surface area contributed by atoms with E-state index in [0.717, 1.165) is 5.56 Å². The van der Waals surface area contributed by atoms with E-state index in [9.17, 15) is 9.59 Å². The fourth-order valence-corrected chi connectivity index (χ4v) is 3.03. The van der Waals surface area contributed by atoms with Gasteiger partial charge < -0.3 is 14.4 Å². The first kappa shape index (κ1) is 17.6. The molecule has 6 heteroatoms. The molecule has 1 fully saturated rings. The number of likely N-dealkylation sites (tertiary alicyclic amines) is 1. The lowest BCUT2D eigenvalue weighted by Crippen LogP contribution is -2.40. The third kappa shape index (κ3) is 3.96. The molecule has 23 heavy (non-hydrogen) atoms. The predicted octanol–water partition coefficient (Wildman–Crippen LogP) is 3.07. The number of benzene rings is 1. The van der Waals surface area contributed by atoms with Crippen molar-refractivity contribution in [1.82, 2.24) is 4.90 Å². The molecule has 1 aromatic carbocycles. The van der Waals surface area contributed by atoms with Crippen LogP contribution in [0.3, 0.4) is 0 Å². The Bertz CT molecular complexity index is 595. The van der Waals surface area contributed by atoms with Gasteiger partial charge in [0.15, 0.2) is 0 Å². The molecule has 5 nitrogen and oxygen atoms in total. The van der Waals surface area contributed by atoms with Crippen molar-refractivity contribution >= 4 is 23.5 Å². The monoisotopic (exact) mass is 339 g/mol. The number of aryl methyl sites for hydroxylation is 1. The second kappa shape index (κ2) is 7.68. The van der Waals surface area contributed by atoms with Gasteiger partial charge in [0.05, 0.1) is 24.7 Å². The van der Waals surface area contributed by atoms with Crippen molar-refractivity contribution in [3.63, 3.8) is 0 Å². The van der Waals surface area contributed by atoms with E-state index in [1.54, 1.807) is 31.1 Å². The van der Waals surface area contributed by atoms with Crippen LogP contribution in [0.1, 0.15) is 35.7 Å². The molecule has 0 bridgehead atoms. The minimum atomic E-state index is -0.164. The zero-order chi connectivity index (χ0) is 17.0. The van der Waals surface area contributed by atoms with Crippen molar-refractivity contribution in [3.05, 3.63) is 28.3 Å². The summed E-state index contributed by atoms with van der Waals surface area (Å²) in [6, 6.07) is 3.41. The average Bonchev–Trinajstić information content (AvgIpc) is 2.56. The molecule has 1 amide bonds. The van der Waals surface area contributed by atoms with Crippen LogP contribution in [0.15, 0.2) is 12.1 Å². The lowest BCUT2D eigenvalue weighted by molar-refractivity contribution is -0.149. The number of halogens is 1. The molecule has 0 radical (unpaired) electrons. The number of rotatable bonds is 4. The molecule has 1 heterocycles. The minimum absolute atomic E-state index is 0.0608. The summed E-state index contributed by atoms with van der Waals surface area (Å²) in [7, 11) is 1.54. The minimum Gasteiger partial charge on any atom is -0.495 e. The lowest BCUT2D eigenvalue weighted by Gasteiger charge is -2.31. The molecule has 0 N–H and O–H groups in total. The van der Waals surface area contributed by atoms with Gasteiger partial charge in [-0.05, 0) is 44.4 Å². The molecule has 126 valence electrons. The Morgan fingerprint density at radius 3 is 2.52 bits per heavy atom. The number of carbonyl (C=O) groups is 2. The maximum Gasteiger partial charge on any atom is 0.309 e. The third-order valence-electron chi connectivity index (χ3n) is 4.13. The maximum absolute atomic E-state index is 12.7. The van der Waals surface area contributed by atoms with Crippen LogP contribution >= 0.6 is 11.6 Å². The van der Waals surface area contributed by atoms with Gasteiger partial charge in [-0.1, -0.05) is 11.6 Å². The molecule has 0 aromatic heterocycles. The van der Waals surface area contributed by atoms with Gasteiger partial charge >= 0.3 is 5.97 Å². The van der Waals surface area contributed by atoms with E-state index in [-0.39, 0.29) is 17.8 Å². The summed E-state index contributed by atoms with van der Waals surface area (Å²) in [5, 5.41) is 0.419. The Balaban J connectivity index is 2.05. The summed E-state index contributed by atoms with van der Waals surface area (Å²) >= 11 is 6.13. The van der Waals surface area contributed by atoms with E-state index in [1.165, 1.54) is 0 Å². The molecular formula is C17H22ClNO4. The van der Waals surface area contributed by atoms with Gasteiger partial charge in [-0.25, -0.2) is 0 Å². The number of piperidine rings is 1. The molecule has 0 unspecified atom stereocenters. The van der Waals surface area contributed by atoms with E-state index >= 15 is 0 Å². The van der Waals surface area contributed by atoms with Crippen molar-refractivity contribution in [2.45, 2.75) is 26.7 Å². The number of ether oxygens (including phenoxy) is 2. The average molecular weight is 340 g/mol. The van der Waals surface area contributed by atoms with Gasteiger partial charge in [0, 0.05) is 18.7 Å². The van der Waals surface area contributed by atoms with Crippen molar-refractivity contribution in [2.75, 3.05) is 26.8 Å². The molecule has 2 rings (SSSR count). The molecular weight excluding hydrogens is 318 g/mol. The van der Waals surface area contributed by atoms with E-state index in [4.69, 9.17) is 21.1 Å². The largest absolute Gasteiger partial charge is 0.495 e. The van der Waals surface area contributed by atoms with Gasteiger partial charge in [-0.15, -0.1) is 0 Å². The van der Waals surface area contributed by atoms with Crippen LogP contribution in [0.5, 0.6) is 5.75 Å². The van der Waals surface area contributed by atoms with Crippen LogP contribution in [0.25, 0.3) is 0 Å². The van der Waals surface area contributed by atoms with Crippen LogP contribution in [-0.4, -0.2) is 43.6 Å². The second-order valence-electron chi connectivity index (χ2n) is 5.62. The van der Waals surface area contributed by atoms with E-state index in [0.29, 0.717) is 48.9 Å². The Morgan fingerprint density at radius 1 is 1.30 bits per heavy atom. The zero-order valence-electron chi connectivity index (χ0n) is 13.7. The van der Waals surface area contributed by atoms with Crippen molar-refractivity contribution in [1.29, 1.82) is 0 Å². The van der Waals surface area contributed by atoms with Crippen LogP contribution in [0, 0.1) is 12.8 Å². The molecule has 1 aliphatic rings. The summed E-state index contributed by atoms with van der Waals surface area (Å²) in [6.45, 7) is 5.14. The highest BCUT2D eigenvalue weighted by atomic mass is 35.5. The number of methoxy groups -OCH3 is 1. The van der Waals surface area contributed by atoms with Crippen molar-refractivity contribution in [3.8, 4) is 5.75 Å². The smallest absolute Gasteiger partial charge is 0.309 e. The Hall–Kier alpha value is -1.75. The Labute approximate surface area is 141 Å². The maximum atomic E-state index is 12.7. The lowest BCUT2D eigenvalue weighted by atomic mass is 9.96. The molecule has 0 spiro atoms. The van der Waals surface area contributed by atoms with Gasteiger partial charge in [0.2, 0.25) is 0 Å². The third-order valence-corrected chi connectivity index (χ3v) is 4.43. The molecule has 1 saturated heterocycles. The first-order valence-electron chi connectivity index (χ1n) is 7.78. The number of hydrogen-bond donors (Lipinski definition) is 0. The zero-order valence-corrected chi connectivity index (χ0v) is 14.5. The molecule has 0 atom stereocenters. The molecule has 0 aliphatic carbocycles. The number of esters is 1. The SMILES string of the molecule is CCOC(=O)C1CCN(C(=O)c2cc(Cl)c(OC)cc2C)CC1. The van der Waals surface area contributed by atoms with Crippen LogP contribution < -0.4 is 4.74 Å². The van der Waals surface area contributed by atoms with E-state index < -0.39 is 0 Å². The fraction of sp³-hybridized carbons (Fsp3) is 0.529. The van der Waals surface area contributed by atoms with E-state index in [2.05, 4.69) is 0 Å². The number of nitrogens with zero attached hydrogens (tertiary/aromatic N) is 1. The first-order valence-corrected chi connectivity index (χ1v) is 8.15. The van der Waals surface area contributed by atoms with Crippen LogP contribution in [-0.2, 0) is 9.53 Å². The number of carbonyl (C=O) groups excluding carboxylic acids is 2. The van der Waals surface area contributed by atoms with Gasteiger partial charge in [0.25, 0.3) is 5.91 Å². The Morgan fingerprint density at radius 2 is 1.96 bits per heavy atom. The topological polar surface area (TPSA) is 55.8 Å². The summed E-state index contributed by atoms with van der Waals surface area (Å²) in [5.41, 5.74) is 1.40. The summed E-state index contributed by atoms with van der Waals surface area (Å²) < 4.78 is 10.2. The Kier molecular flexibility index (Phi) is 5.88. The van der Waals surface area contributed by atoms with E-state index in [1.807, 2.05) is 6.92 Å². The second-order valence-corrected chi connectivity index (χ2v) is 6.03. The molecule has 0 saturated carbocycles. The van der Waals surface area contributed by atoms with Crippen LogP contribution in [0.2, 0.25) is 5.02 Å². The fourth-order valence-electron chi connectivity index (χ4n) is 2.79. The standard InChI is InChI=1S/C17H22ClNO4/c1-4-23-17(21)12-5-7-19(8-6-12)16(20)13-10-14(18)15(22-3)9-11(13)2/h9-10,12H,4-8H2,1-3H3. The van der Waals surface area contributed by atoms with Gasteiger partial charge in [-0.3, -0.25) is 9.59 Å². The summed E-state index contributed by atoms with van der Waals surface area (Å²) in [5.74, 6) is 0.221. The van der Waals surface area contributed by atoms with Gasteiger partial charge in [0.1, 0.15) is 5.75 Å². The van der Waals surface area contributed by atoms with Crippen molar-refractivity contribution in [2.24, 2.45) is 5.92 Å². The normalized spacial score (nSPS) is 15.4. The first-order chi connectivity index (χ1) is 11.0.